The maximum absolute atomic E-state index is 10.8. The molecule has 0 fully saturated rings. The van der Waals surface area contributed by atoms with E-state index in [0.717, 1.165) is 25.3 Å². The molecule has 1 N–H and O–H groups in total. The van der Waals surface area contributed by atoms with Crippen LogP contribution in [-0.4, -0.2) is 29.3 Å². The van der Waals surface area contributed by atoms with Crippen molar-refractivity contribution in [1.82, 2.24) is 5.32 Å². The van der Waals surface area contributed by atoms with Crippen LogP contribution in [0.2, 0.25) is 0 Å². The second-order valence-electron chi connectivity index (χ2n) is 4.32. The number of rotatable bonds is 9. The van der Waals surface area contributed by atoms with Crippen molar-refractivity contribution in [2.75, 3.05) is 25.1 Å². The first-order chi connectivity index (χ1) is 8.29. The summed E-state index contributed by atoms with van der Waals surface area (Å²) in [6.45, 7) is 2.06. The zero-order valence-electron chi connectivity index (χ0n) is 10.7. The summed E-state index contributed by atoms with van der Waals surface area (Å²) in [7, 11) is -0.639. The van der Waals surface area contributed by atoms with Crippen LogP contribution in [0.5, 0.6) is 0 Å². The van der Waals surface area contributed by atoms with Crippen molar-refractivity contribution >= 4 is 10.8 Å². The Hall–Kier alpha value is -0.670. The number of aryl methyl sites for hydroxylation is 1. The lowest BCUT2D eigenvalue weighted by Crippen LogP contribution is -2.18. The Kier molecular flexibility index (Phi) is 7.93. The molecule has 0 aliphatic carbocycles. The molecule has 0 bridgehead atoms. The molecular formula is C14H23NOS. The van der Waals surface area contributed by atoms with Gasteiger partial charge >= 0.3 is 0 Å². The van der Waals surface area contributed by atoms with Crippen molar-refractivity contribution in [1.29, 1.82) is 0 Å². The zero-order chi connectivity index (χ0) is 12.3. The molecule has 96 valence electrons. The van der Waals surface area contributed by atoms with Crippen molar-refractivity contribution in [3.63, 3.8) is 0 Å². The molecule has 1 unspecified atom stereocenters. The Labute approximate surface area is 107 Å². The van der Waals surface area contributed by atoms with Crippen LogP contribution in [0.15, 0.2) is 30.3 Å². The normalized spacial score (nSPS) is 12.5. The molecule has 0 aliphatic heterocycles. The summed E-state index contributed by atoms with van der Waals surface area (Å²) in [5.74, 6) is 0.816. The molecule has 2 nitrogen and oxygen atoms in total. The van der Waals surface area contributed by atoms with Crippen LogP contribution in [0.1, 0.15) is 24.8 Å². The topological polar surface area (TPSA) is 29.1 Å². The monoisotopic (exact) mass is 253 g/mol. The SMILES string of the molecule is CS(=O)CCCNCCCCc1ccccc1. The molecular weight excluding hydrogens is 230 g/mol. The summed E-state index contributed by atoms with van der Waals surface area (Å²) in [5.41, 5.74) is 1.42. The summed E-state index contributed by atoms with van der Waals surface area (Å²) >= 11 is 0. The second kappa shape index (κ2) is 9.37. The molecule has 0 spiro atoms. The van der Waals surface area contributed by atoms with Crippen LogP contribution in [-0.2, 0) is 17.2 Å². The van der Waals surface area contributed by atoms with E-state index in [4.69, 9.17) is 0 Å². The molecule has 0 heterocycles. The van der Waals surface area contributed by atoms with Gasteiger partial charge in [0.25, 0.3) is 0 Å². The van der Waals surface area contributed by atoms with Gasteiger partial charge in [-0.05, 0) is 44.3 Å². The maximum Gasteiger partial charge on any atom is 0.0244 e. The third-order valence-electron chi connectivity index (χ3n) is 2.70. The number of benzene rings is 1. The molecule has 0 saturated carbocycles. The summed E-state index contributed by atoms with van der Waals surface area (Å²) in [5, 5.41) is 3.39. The van der Waals surface area contributed by atoms with Crippen molar-refractivity contribution < 1.29 is 4.21 Å². The molecule has 1 atom stereocenters. The third-order valence-corrected chi connectivity index (χ3v) is 3.56. The van der Waals surface area contributed by atoms with Crippen LogP contribution in [0.3, 0.4) is 0 Å². The van der Waals surface area contributed by atoms with Gasteiger partial charge in [0.1, 0.15) is 0 Å². The van der Waals surface area contributed by atoms with Gasteiger partial charge in [-0.2, -0.15) is 0 Å². The highest BCUT2D eigenvalue weighted by Crippen LogP contribution is 2.03. The quantitative estimate of drug-likeness (QED) is 0.685. The first-order valence-corrected chi connectivity index (χ1v) is 8.06. The highest BCUT2D eigenvalue weighted by atomic mass is 32.2. The summed E-state index contributed by atoms with van der Waals surface area (Å²) in [6, 6.07) is 10.6. The van der Waals surface area contributed by atoms with E-state index in [-0.39, 0.29) is 0 Å². The van der Waals surface area contributed by atoms with Crippen LogP contribution in [0, 0.1) is 0 Å². The van der Waals surface area contributed by atoms with Gasteiger partial charge in [-0.1, -0.05) is 30.3 Å². The summed E-state index contributed by atoms with van der Waals surface area (Å²) < 4.78 is 10.8. The van der Waals surface area contributed by atoms with Gasteiger partial charge in [-0.3, -0.25) is 4.21 Å². The van der Waals surface area contributed by atoms with Crippen LogP contribution < -0.4 is 5.32 Å². The van der Waals surface area contributed by atoms with Crippen LogP contribution in [0.25, 0.3) is 0 Å². The van der Waals surface area contributed by atoms with Crippen molar-refractivity contribution in [2.24, 2.45) is 0 Å². The van der Waals surface area contributed by atoms with E-state index < -0.39 is 10.8 Å². The molecule has 1 aromatic carbocycles. The minimum Gasteiger partial charge on any atom is -0.317 e. The largest absolute Gasteiger partial charge is 0.317 e. The Morgan fingerprint density at radius 2 is 1.76 bits per heavy atom. The fraction of sp³-hybridized carbons (Fsp3) is 0.571. The molecule has 0 aromatic heterocycles. The van der Waals surface area contributed by atoms with Gasteiger partial charge < -0.3 is 5.32 Å². The van der Waals surface area contributed by atoms with Crippen LogP contribution in [0.4, 0.5) is 0 Å². The lowest BCUT2D eigenvalue weighted by molar-refractivity contribution is 0.615. The predicted molar refractivity (Wildman–Crippen MR) is 75.8 cm³/mol. The van der Waals surface area contributed by atoms with E-state index in [1.807, 2.05) is 0 Å². The highest BCUT2D eigenvalue weighted by Gasteiger charge is 1.94. The average Bonchev–Trinajstić information content (AvgIpc) is 2.33. The lowest BCUT2D eigenvalue weighted by atomic mass is 10.1. The van der Waals surface area contributed by atoms with Crippen molar-refractivity contribution in [3.05, 3.63) is 35.9 Å². The average molecular weight is 253 g/mol. The van der Waals surface area contributed by atoms with Crippen molar-refractivity contribution in [3.8, 4) is 0 Å². The summed E-state index contributed by atoms with van der Waals surface area (Å²) in [6.07, 6.45) is 6.39. The van der Waals surface area contributed by atoms with E-state index in [1.165, 1.54) is 24.8 Å². The number of hydrogen-bond donors (Lipinski definition) is 1. The Bertz CT molecular complexity index is 313. The standard InChI is InChI=1S/C14H23NOS/c1-17(16)13-7-12-15-11-6-5-10-14-8-3-2-4-9-14/h2-4,8-9,15H,5-7,10-13H2,1H3. The molecule has 0 saturated heterocycles. The maximum atomic E-state index is 10.8. The van der Waals surface area contributed by atoms with Gasteiger partial charge in [-0.15, -0.1) is 0 Å². The first-order valence-electron chi connectivity index (χ1n) is 6.33. The van der Waals surface area contributed by atoms with E-state index in [1.54, 1.807) is 6.26 Å². The summed E-state index contributed by atoms with van der Waals surface area (Å²) in [4.78, 5) is 0. The second-order valence-corrected chi connectivity index (χ2v) is 5.88. The molecule has 0 amide bonds. The fourth-order valence-electron chi connectivity index (χ4n) is 1.75. The molecule has 0 aliphatic rings. The van der Waals surface area contributed by atoms with Crippen molar-refractivity contribution in [2.45, 2.75) is 25.7 Å². The van der Waals surface area contributed by atoms with E-state index in [9.17, 15) is 4.21 Å². The molecule has 1 rings (SSSR count). The highest BCUT2D eigenvalue weighted by molar-refractivity contribution is 7.84. The molecule has 1 aromatic rings. The van der Waals surface area contributed by atoms with E-state index in [0.29, 0.717) is 0 Å². The van der Waals surface area contributed by atoms with E-state index in [2.05, 4.69) is 35.6 Å². The van der Waals surface area contributed by atoms with Gasteiger partial charge in [0.15, 0.2) is 0 Å². The molecule has 0 radical (unpaired) electrons. The van der Waals surface area contributed by atoms with Gasteiger partial charge in [0.05, 0.1) is 0 Å². The smallest absolute Gasteiger partial charge is 0.0244 e. The minimum absolute atomic E-state index is 0.639. The van der Waals surface area contributed by atoms with Gasteiger partial charge in [0, 0.05) is 22.8 Å². The Morgan fingerprint density at radius 3 is 2.47 bits per heavy atom. The van der Waals surface area contributed by atoms with Crippen LogP contribution >= 0.6 is 0 Å². The van der Waals surface area contributed by atoms with Gasteiger partial charge in [0.2, 0.25) is 0 Å². The molecule has 3 heteroatoms. The number of unbranched alkanes of at least 4 members (excludes halogenated alkanes) is 1. The predicted octanol–water partition coefficient (Wildman–Crippen LogP) is 2.37. The van der Waals surface area contributed by atoms with E-state index >= 15 is 0 Å². The Balaban J connectivity index is 1.90. The number of hydrogen-bond acceptors (Lipinski definition) is 2. The third kappa shape index (κ3) is 8.11. The fourth-order valence-corrected chi connectivity index (χ4v) is 2.30. The zero-order valence-corrected chi connectivity index (χ0v) is 11.5. The molecule has 17 heavy (non-hydrogen) atoms. The minimum atomic E-state index is -0.639. The van der Waals surface area contributed by atoms with Gasteiger partial charge in [-0.25, -0.2) is 0 Å². The first kappa shape index (κ1) is 14.4. The number of nitrogens with one attached hydrogen (secondary N) is 1. The lowest BCUT2D eigenvalue weighted by Gasteiger charge is -2.04. The Morgan fingerprint density at radius 1 is 1.06 bits per heavy atom.